The van der Waals surface area contributed by atoms with Gasteiger partial charge in [-0.25, -0.2) is 0 Å². The fourth-order valence-corrected chi connectivity index (χ4v) is 2.23. The summed E-state index contributed by atoms with van der Waals surface area (Å²) in [5.74, 6) is 0. The minimum Gasteiger partial charge on any atom is -0.264 e. The molecule has 0 aromatic rings. The van der Waals surface area contributed by atoms with Crippen LogP contribution in [-0.2, 0) is 19.5 Å². The number of rotatable bonds is 0. The van der Waals surface area contributed by atoms with Crippen molar-refractivity contribution in [3.8, 4) is 0 Å². The molecule has 4 nitrogen and oxygen atoms in total. The first kappa shape index (κ1) is 8.08. The minimum absolute atomic E-state index is 0. The Morgan fingerprint density at radius 3 is 0.818 bits per heavy atom. The van der Waals surface area contributed by atoms with Gasteiger partial charge in [-0.1, -0.05) is 0 Å². The first-order chi connectivity index (χ1) is 4.90. The first-order valence-electron chi connectivity index (χ1n) is 3.79. The van der Waals surface area contributed by atoms with Gasteiger partial charge in [0.25, 0.3) is 0 Å². The topological polar surface area (TPSA) is 13.0 Å². The van der Waals surface area contributed by atoms with Crippen LogP contribution < -0.4 is 0 Å². The molecule has 4 fully saturated rings. The van der Waals surface area contributed by atoms with Crippen LogP contribution in [0.4, 0.5) is 0 Å². The van der Waals surface area contributed by atoms with Gasteiger partial charge in [-0.15, -0.1) is 0 Å². The Morgan fingerprint density at radius 1 is 0.455 bits per heavy atom. The van der Waals surface area contributed by atoms with E-state index in [0.717, 1.165) is 0 Å². The minimum atomic E-state index is 0. The van der Waals surface area contributed by atoms with E-state index in [-0.39, 0.29) is 19.5 Å². The van der Waals surface area contributed by atoms with Crippen LogP contribution in [0.5, 0.6) is 0 Å². The molecule has 0 atom stereocenters. The van der Waals surface area contributed by atoms with E-state index in [2.05, 4.69) is 19.6 Å². The van der Waals surface area contributed by atoms with Gasteiger partial charge in [0, 0.05) is 19.5 Å². The van der Waals surface area contributed by atoms with Gasteiger partial charge in [0.2, 0.25) is 0 Å². The van der Waals surface area contributed by atoms with Crippen LogP contribution in [0.25, 0.3) is 0 Å². The second-order valence-corrected chi connectivity index (χ2v) is 3.53. The van der Waals surface area contributed by atoms with E-state index in [0.29, 0.717) is 0 Å². The Hall–Kier alpha value is 0.463. The summed E-state index contributed by atoms with van der Waals surface area (Å²) < 4.78 is 0. The number of hydrogen-bond acceptors (Lipinski definition) is 4. The zero-order valence-electron chi connectivity index (χ0n) is 6.74. The van der Waals surface area contributed by atoms with Crippen LogP contribution in [0.3, 0.4) is 0 Å². The molecule has 0 spiro atoms. The third-order valence-corrected chi connectivity index (χ3v) is 2.40. The van der Waals surface area contributed by atoms with Crippen LogP contribution in [-0.4, -0.2) is 59.6 Å². The Kier molecular flexibility index (Phi) is 2.02. The van der Waals surface area contributed by atoms with Crippen LogP contribution in [0.1, 0.15) is 0 Å². The molecule has 4 aliphatic heterocycles. The molecule has 58 valence electrons. The van der Waals surface area contributed by atoms with Gasteiger partial charge in [-0.3, -0.25) is 19.6 Å². The van der Waals surface area contributed by atoms with Crippen LogP contribution in [0, 0.1) is 0 Å². The zero-order valence-corrected chi connectivity index (χ0v) is 9.71. The third-order valence-electron chi connectivity index (χ3n) is 2.40. The van der Waals surface area contributed by atoms with Crippen molar-refractivity contribution in [3.63, 3.8) is 0 Å². The Labute approximate surface area is 79.5 Å². The molecular weight excluding hydrogens is 193 g/mol. The van der Waals surface area contributed by atoms with Crippen LogP contribution >= 0.6 is 0 Å². The average molecular weight is 206 g/mol. The standard InChI is InChI=1S/C6H12N4.Zn/c1-7-2-9-4-8(1)5-10(3-7)6-9;/h1-6H2;. The van der Waals surface area contributed by atoms with Crippen LogP contribution in [0.2, 0.25) is 0 Å². The Balaban J connectivity index is 0.000000480. The number of hydrogen-bond donors (Lipinski definition) is 0. The molecule has 0 unspecified atom stereocenters. The van der Waals surface area contributed by atoms with E-state index in [1.54, 1.807) is 0 Å². The van der Waals surface area contributed by atoms with E-state index in [1.807, 2.05) is 0 Å². The molecule has 0 amide bonds. The first-order valence-corrected chi connectivity index (χ1v) is 3.79. The smallest absolute Gasteiger partial charge is 0.0555 e. The molecule has 0 N–H and O–H groups in total. The van der Waals surface area contributed by atoms with E-state index >= 15 is 0 Å². The largest absolute Gasteiger partial charge is 0.264 e. The summed E-state index contributed by atoms with van der Waals surface area (Å²) in [4.78, 5) is 9.88. The SMILES string of the molecule is C1N2CN3CN1CN(C2)C3.[Zn]. The van der Waals surface area contributed by atoms with Gasteiger partial charge in [0.15, 0.2) is 0 Å². The second kappa shape index (κ2) is 2.75. The second-order valence-electron chi connectivity index (χ2n) is 3.53. The van der Waals surface area contributed by atoms with Crippen LogP contribution in [0.15, 0.2) is 0 Å². The number of nitrogens with zero attached hydrogens (tertiary/aromatic N) is 4. The molecule has 0 aromatic heterocycles. The molecule has 0 saturated carbocycles. The molecule has 11 heavy (non-hydrogen) atoms. The zero-order chi connectivity index (χ0) is 6.55. The van der Waals surface area contributed by atoms with E-state index < -0.39 is 0 Å². The maximum atomic E-state index is 2.47. The van der Waals surface area contributed by atoms with Crippen molar-refractivity contribution in [2.45, 2.75) is 0 Å². The Morgan fingerprint density at radius 2 is 0.636 bits per heavy atom. The molecule has 4 heterocycles. The summed E-state index contributed by atoms with van der Waals surface area (Å²) in [6.45, 7) is 7.12. The van der Waals surface area contributed by atoms with Gasteiger partial charge in [0.1, 0.15) is 0 Å². The van der Waals surface area contributed by atoms with Crippen molar-refractivity contribution < 1.29 is 19.5 Å². The summed E-state index contributed by atoms with van der Waals surface area (Å²) in [5.41, 5.74) is 0. The summed E-state index contributed by atoms with van der Waals surface area (Å²) in [7, 11) is 0. The predicted molar refractivity (Wildman–Crippen MR) is 36.6 cm³/mol. The molecule has 4 aliphatic rings. The van der Waals surface area contributed by atoms with E-state index in [4.69, 9.17) is 0 Å². The van der Waals surface area contributed by atoms with Gasteiger partial charge in [0.05, 0.1) is 40.0 Å². The predicted octanol–water partition coefficient (Wildman–Crippen LogP) is -1.02. The maximum Gasteiger partial charge on any atom is 0.0555 e. The molecular formula is C6H12N4Zn. The van der Waals surface area contributed by atoms with Crippen molar-refractivity contribution in [1.29, 1.82) is 0 Å². The average Bonchev–Trinajstić information content (AvgIpc) is 1.82. The third kappa shape index (κ3) is 1.25. The van der Waals surface area contributed by atoms with Gasteiger partial charge >= 0.3 is 0 Å². The normalized spacial score (nSPS) is 52.4. The quantitative estimate of drug-likeness (QED) is 0.470. The van der Waals surface area contributed by atoms with Crippen molar-refractivity contribution in [3.05, 3.63) is 0 Å². The molecule has 4 bridgehead atoms. The van der Waals surface area contributed by atoms with Gasteiger partial charge in [-0.2, -0.15) is 0 Å². The summed E-state index contributed by atoms with van der Waals surface area (Å²) in [6.07, 6.45) is 0. The summed E-state index contributed by atoms with van der Waals surface area (Å²) in [5, 5.41) is 0. The van der Waals surface area contributed by atoms with E-state index in [9.17, 15) is 0 Å². The maximum absolute atomic E-state index is 2.47. The van der Waals surface area contributed by atoms with E-state index in [1.165, 1.54) is 40.0 Å². The summed E-state index contributed by atoms with van der Waals surface area (Å²) >= 11 is 0. The molecule has 4 saturated heterocycles. The molecule has 0 aromatic carbocycles. The fraction of sp³-hybridized carbons (Fsp3) is 1.00. The summed E-state index contributed by atoms with van der Waals surface area (Å²) in [6, 6.07) is 0. The molecule has 4 rings (SSSR count). The van der Waals surface area contributed by atoms with Crippen molar-refractivity contribution >= 4 is 0 Å². The van der Waals surface area contributed by atoms with Crippen molar-refractivity contribution in [2.75, 3.05) is 40.0 Å². The molecule has 5 heteroatoms. The van der Waals surface area contributed by atoms with Crippen molar-refractivity contribution in [2.24, 2.45) is 0 Å². The monoisotopic (exact) mass is 204 g/mol. The molecule has 0 aliphatic carbocycles. The van der Waals surface area contributed by atoms with Crippen molar-refractivity contribution in [1.82, 2.24) is 19.6 Å². The van der Waals surface area contributed by atoms with Gasteiger partial charge < -0.3 is 0 Å². The Bertz CT molecular complexity index is 106. The fourth-order valence-electron chi connectivity index (χ4n) is 2.23. The van der Waals surface area contributed by atoms with Gasteiger partial charge in [-0.05, 0) is 0 Å². The molecule has 0 radical (unpaired) electrons.